The Morgan fingerprint density at radius 2 is 1.40 bits per heavy atom. The van der Waals surface area contributed by atoms with E-state index in [1.165, 1.54) is 6.92 Å². The zero-order valence-corrected chi connectivity index (χ0v) is 25.0. The third kappa shape index (κ3) is 9.61. The van der Waals surface area contributed by atoms with E-state index in [9.17, 15) is 28.8 Å². The highest BCUT2D eigenvalue weighted by Gasteiger charge is 2.36. The SMILES string of the molecule is CCC(C)[C@H]1NC(=O)[C@H](N)C(C)OC(=O)[C@H](C(C)C)NC(=O)C(=C(C)C)NC(=O)CNC(=O)[C@@H](C(C)C)NC1=O. The minimum atomic E-state index is -1.33. The second kappa shape index (κ2) is 15.3. The number of carbonyl (C=O) groups is 6. The van der Waals surface area contributed by atoms with Gasteiger partial charge in [-0.05, 0) is 44.1 Å². The van der Waals surface area contributed by atoms with Crippen molar-refractivity contribution in [3.63, 3.8) is 0 Å². The molecule has 0 aliphatic carbocycles. The van der Waals surface area contributed by atoms with E-state index < -0.39 is 78.2 Å². The zero-order chi connectivity index (χ0) is 30.9. The van der Waals surface area contributed by atoms with Crippen LogP contribution in [0.4, 0.5) is 0 Å². The summed E-state index contributed by atoms with van der Waals surface area (Å²) in [6, 6.07) is -4.50. The summed E-state index contributed by atoms with van der Waals surface area (Å²) in [4.78, 5) is 78.0. The summed E-state index contributed by atoms with van der Waals surface area (Å²) < 4.78 is 5.45. The molecule has 0 bridgehead atoms. The molecule has 0 saturated carbocycles. The van der Waals surface area contributed by atoms with Crippen molar-refractivity contribution < 1.29 is 33.5 Å². The van der Waals surface area contributed by atoms with Gasteiger partial charge in [0.15, 0.2) is 0 Å². The lowest BCUT2D eigenvalue weighted by Crippen LogP contribution is -2.60. The van der Waals surface area contributed by atoms with E-state index in [0.29, 0.717) is 12.0 Å². The molecule has 40 heavy (non-hydrogen) atoms. The van der Waals surface area contributed by atoms with Gasteiger partial charge in [-0.2, -0.15) is 0 Å². The minimum absolute atomic E-state index is 0.0927. The van der Waals surface area contributed by atoms with Gasteiger partial charge in [0.1, 0.15) is 36.0 Å². The van der Waals surface area contributed by atoms with E-state index in [-0.39, 0.29) is 17.5 Å². The summed E-state index contributed by atoms with van der Waals surface area (Å²) >= 11 is 0. The fourth-order valence-corrected chi connectivity index (χ4v) is 3.85. The average molecular weight is 567 g/mol. The molecular weight excluding hydrogens is 520 g/mol. The predicted molar refractivity (Wildman–Crippen MR) is 148 cm³/mol. The first-order chi connectivity index (χ1) is 18.5. The highest BCUT2D eigenvalue weighted by atomic mass is 16.5. The molecule has 0 radical (unpaired) electrons. The van der Waals surface area contributed by atoms with Crippen molar-refractivity contribution in [3.8, 4) is 0 Å². The van der Waals surface area contributed by atoms with Gasteiger partial charge in [0.05, 0.1) is 6.54 Å². The highest BCUT2D eigenvalue weighted by Crippen LogP contribution is 2.13. The maximum atomic E-state index is 13.3. The van der Waals surface area contributed by atoms with Crippen LogP contribution < -0.4 is 32.3 Å². The minimum Gasteiger partial charge on any atom is -0.459 e. The zero-order valence-electron chi connectivity index (χ0n) is 25.0. The lowest BCUT2D eigenvalue weighted by atomic mass is 9.96. The molecular formula is C27H46N6O7. The lowest BCUT2D eigenvalue weighted by Gasteiger charge is -2.29. The first-order valence-electron chi connectivity index (χ1n) is 13.6. The smallest absolute Gasteiger partial charge is 0.329 e. The Bertz CT molecular complexity index is 1010. The van der Waals surface area contributed by atoms with E-state index in [2.05, 4.69) is 26.6 Å². The Kier molecular flexibility index (Phi) is 13.3. The van der Waals surface area contributed by atoms with Crippen molar-refractivity contribution in [2.45, 2.75) is 99.0 Å². The number of nitrogens with two attached hydrogens (primary N) is 1. The summed E-state index contributed by atoms with van der Waals surface area (Å²) in [6.07, 6.45) is -0.579. The van der Waals surface area contributed by atoms with Crippen LogP contribution in [0.3, 0.4) is 0 Å². The standard InChI is InChI=1S/C27H46N6O7/c1-10-15(8)22-26(38)31-19(12(2)3)24(36)29-11-17(34)30-20(13(4)5)25(37)32-21(14(6)7)27(39)40-16(9)18(28)23(35)33-22/h12,14-16,18-19,21-22H,10-11,28H2,1-9H3,(H,29,36)(H,30,34)(H,31,38)(H,32,37)(H,33,35)/t15?,16?,18-,19-,21+,22-/m1/s1. The van der Waals surface area contributed by atoms with Crippen LogP contribution in [0.15, 0.2) is 11.3 Å². The van der Waals surface area contributed by atoms with Gasteiger partial charge in [-0.1, -0.05) is 48.0 Å². The third-order valence-corrected chi connectivity index (χ3v) is 6.77. The molecule has 6 atom stereocenters. The number of hydrogen-bond acceptors (Lipinski definition) is 8. The van der Waals surface area contributed by atoms with Crippen LogP contribution in [0.2, 0.25) is 0 Å². The van der Waals surface area contributed by atoms with Gasteiger partial charge in [0, 0.05) is 0 Å². The molecule has 1 aliphatic rings. The number of carbonyl (C=O) groups excluding carboxylic acids is 6. The quantitative estimate of drug-likeness (QED) is 0.195. The largest absolute Gasteiger partial charge is 0.459 e. The molecule has 13 heteroatoms. The van der Waals surface area contributed by atoms with Crippen LogP contribution >= 0.6 is 0 Å². The van der Waals surface area contributed by atoms with E-state index in [1.807, 2.05) is 6.92 Å². The normalized spacial score (nSPS) is 27.3. The van der Waals surface area contributed by atoms with Crippen molar-refractivity contribution in [2.75, 3.05) is 6.54 Å². The van der Waals surface area contributed by atoms with Crippen molar-refractivity contribution in [1.29, 1.82) is 0 Å². The molecule has 1 saturated heterocycles. The molecule has 226 valence electrons. The highest BCUT2D eigenvalue weighted by molar-refractivity contribution is 6.01. The van der Waals surface area contributed by atoms with Gasteiger partial charge in [-0.3, -0.25) is 24.0 Å². The lowest BCUT2D eigenvalue weighted by molar-refractivity contribution is -0.155. The van der Waals surface area contributed by atoms with Crippen molar-refractivity contribution in [2.24, 2.45) is 23.5 Å². The van der Waals surface area contributed by atoms with Crippen LogP contribution in [0.5, 0.6) is 0 Å². The Morgan fingerprint density at radius 1 is 0.850 bits per heavy atom. The number of hydrogen-bond donors (Lipinski definition) is 6. The van der Waals surface area contributed by atoms with Gasteiger partial charge in [0.2, 0.25) is 23.6 Å². The third-order valence-electron chi connectivity index (χ3n) is 6.77. The molecule has 5 amide bonds. The number of esters is 1. The Balaban J connectivity index is 3.49. The predicted octanol–water partition coefficient (Wildman–Crippen LogP) is -0.402. The second-order valence-corrected chi connectivity index (χ2v) is 11.1. The Morgan fingerprint density at radius 3 is 1.90 bits per heavy atom. The fourth-order valence-electron chi connectivity index (χ4n) is 3.85. The molecule has 0 spiro atoms. The van der Waals surface area contributed by atoms with Gasteiger partial charge in [0.25, 0.3) is 5.91 Å². The van der Waals surface area contributed by atoms with E-state index in [0.717, 1.165) is 0 Å². The first kappa shape index (κ1) is 34.5. The topological polar surface area (TPSA) is 198 Å². The number of allylic oxidation sites excluding steroid dienone is 1. The molecule has 0 aromatic carbocycles. The number of ether oxygens (including phenoxy) is 1. The monoisotopic (exact) mass is 566 g/mol. The second-order valence-electron chi connectivity index (χ2n) is 11.1. The molecule has 0 aromatic heterocycles. The number of rotatable bonds is 4. The molecule has 1 aliphatic heterocycles. The maximum Gasteiger partial charge on any atom is 0.329 e. The van der Waals surface area contributed by atoms with Gasteiger partial charge >= 0.3 is 5.97 Å². The van der Waals surface area contributed by atoms with E-state index >= 15 is 0 Å². The molecule has 1 rings (SSSR count). The van der Waals surface area contributed by atoms with Gasteiger partial charge < -0.3 is 37.1 Å². The summed E-state index contributed by atoms with van der Waals surface area (Å²) in [5.41, 5.74) is 6.46. The van der Waals surface area contributed by atoms with Crippen LogP contribution in [0.1, 0.15) is 68.7 Å². The number of amides is 5. The first-order valence-corrected chi connectivity index (χ1v) is 13.6. The molecule has 2 unspecified atom stereocenters. The van der Waals surface area contributed by atoms with Crippen LogP contribution in [-0.2, 0) is 33.5 Å². The summed E-state index contributed by atoms with van der Waals surface area (Å²) in [6.45, 7) is 14.6. The van der Waals surface area contributed by atoms with Gasteiger partial charge in [-0.15, -0.1) is 0 Å². The van der Waals surface area contributed by atoms with Crippen LogP contribution in [0, 0.1) is 17.8 Å². The summed E-state index contributed by atoms with van der Waals surface area (Å²) in [7, 11) is 0. The summed E-state index contributed by atoms with van der Waals surface area (Å²) in [5, 5.41) is 12.8. The molecule has 7 N–H and O–H groups in total. The Hall–Kier alpha value is -3.48. The molecule has 1 heterocycles. The number of nitrogens with one attached hydrogen (secondary N) is 5. The number of cyclic esters (lactones) is 1. The Labute approximate surface area is 236 Å². The van der Waals surface area contributed by atoms with Gasteiger partial charge in [-0.25, -0.2) is 4.79 Å². The fraction of sp³-hybridized carbons (Fsp3) is 0.704. The van der Waals surface area contributed by atoms with Crippen molar-refractivity contribution in [1.82, 2.24) is 26.6 Å². The van der Waals surface area contributed by atoms with Crippen LogP contribution in [0.25, 0.3) is 0 Å². The molecule has 13 nitrogen and oxygen atoms in total. The molecule has 0 aromatic rings. The summed E-state index contributed by atoms with van der Waals surface area (Å²) in [5.74, 6) is -5.27. The molecule has 1 fully saturated rings. The van der Waals surface area contributed by atoms with E-state index in [1.54, 1.807) is 48.5 Å². The van der Waals surface area contributed by atoms with Crippen molar-refractivity contribution in [3.05, 3.63) is 11.3 Å². The van der Waals surface area contributed by atoms with Crippen LogP contribution in [-0.4, -0.2) is 72.3 Å². The average Bonchev–Trinajstić information content (AvgIpc) is 2.87. The van der Waals surface area contributed by atoms with Crippen molar-refractivity contribution >= 4 is 35.5 Å². The van der Waals surface area contributed by atoms with E-state index in [4.69, 9.17) is 10.5 Å². The maximum absolute atomic E-state index is 13.3.